The molecule has 0 aliphatic carbocycles. The molecule has 2 unspecified atom stereocenters. The fraction of sp³-hybridized carbons (Fsp3) is 0.625. The molecule has 0 aromatic heterocycles. The quantitative estimate of drug-likeness (QED) is 0.855. The van der Waals surface area contributed by atoms with Crippen molar-refractivity contribution in [2.24, 2.45) is 11.7 Å². The summed E-state index contributed by atoms with van der Waals surface area (Å²) in [6.07, 6.45) is 1.99. The fourth-order valence-corrected chi connectivity index (χ4v) is 2.89. The maximum Gasteiger partial charge on any atom is 0.128 e. The molecular weight excluding hydrogens is 239 g/mol. The van der Waals surface area contributed by atoms with Crippen molar-refractivity contribution in [3.63, 3.8) is 0 Å². The molecule has 1 aromatic carbocycles. The number of halogens is 1. The van der Waals surface area contributed by atoms with Gasteiger partial charge in [-0.1, -0.05) is 45.4 Å². The Labute approximate surface area is 116 Å². The van der Waals surface area contributed by atoms with E-state index in [1.54, 1.807) is 6.07 Å². The molecule has 0 saturated heterocycles. The van der Waals surface area contributed by atoms with Gasteiger partial charge in [0, 0.05) is 11.6 Å². The van der Waals surface area contributed by atoms with E-state index in [0.29, 0.717) is 5.56 Å². The summed E-state index contributed by atoms with van der Waals surface area (Å²) in [6.45, 7) is 6.27. The van der Waals surface area contributed by atoms with Crippen LogP contribution in [0.4, 0.5) is 4.39 Å². The van der Waals surface area contributed by atoms with Crippen LogP contribution in [0.25, 0.3) is 0 Å². The first kappa shape index (κ1) is 16.1. The molecule has 2 N–H and O–H groups in total. The highest BCUT2D eigenvalue weighted by molar-refractivity contribution is 5.29. The van der Waals surface area contributed by atoms with Crippen molar-refractivity contribution in [3.05, 3.63) is 35.6 Å². The predicted molar refractivity (Wildman–Crippen MR) is 79.5 cm³/mol. The van der Waals surface area contributed by atoms with Gasteiger partial charge in [-0.15, -0.1) is 0 Å². The number of hydrogen-bond acceptors (Lipinski definition) is 2. The Kier molecular flexibility index (Phi) is 5.50. The van der Waals surface area contributed by atoms with Crippen LogP contribution in [0.5, 0.6) is 0 Å². The van der Waals surface area contributed by atoms with Crippen LogP contribution in [0.15, 0.2) is 24.3 Å². The van der Waals surface area contributed by atoms with Gasteiger partial charge in [0.25, 0.3) is 0 Å². The van der Waals surface area contributed by atoms with Gasteiger partial charge < -0.3 is 10.6 Å². The van der Waals surface area contributed by atoms with Crippen molar-refractivity contribution in [1.82, 2.24) is 4.90 Å². The molecule has 0 aliphatic heterocycles. The molecule has 2 nitrogen and oxygen atoms in total. The van der Waals surface area contributed by atoms with Crippen LogP contribution in [0.3, 0.4) is 0 Å². The van der Waals surface area contributed by atoms with Crippen molar-refractivity contribution >= 4 is 0 Å². The van der Waals surface area contributed by atoms with Crippen LogP contribution >= 0.6 is 0 Å². The first-order valence-corrected chi connectivity index (χ1v) is 7.06. The molecule has 3 heteroatoms. The molecule has 2 atom stereocenters. The molecule has 0 saturated carbocycles. The molecule has 0 radical (unpaired) electrons. The van der Waals surface area contributed by atoms with Gasteiger partial charge in [-0.05, 0) is 32.5 Å². The number of hydrogen-bond donors (Lipinski definition) is 1. The molecule has 0 bridgehead atoms. The van der Waals surface area contributed by atoms with E-state index in [0.717, 1.165) is 12.8 Å². The zero-order chi connectivity index (χ0) is 14.6. The largest absolute Gasteiger partial charge is 0.320 e. The Morgan fingerprint density at radius 2 is 1.84 bits per heavy atom. The molecular formula is C16H27FN2. The van der Waals surface area contributed by atoms with Gasteiger partial charge in [0.15, 0.2) is 0 Å². The van der Waals surface area contributed by atoms with E-state index < -0.39 is 5.54 Å². The van der Waals surface area contributed by atoms with Gasteiger partial charge in [0.05, 0.1) is 5.54 Å². The average Bonchev–Trinajstić information content (AvgIpc) is 2.35. The molecule has 0 aliphatic rings. The molecule has 1 rings (SSSR count). The minimum atomic E-state index is -0.676. The second-order valence-corrected chi connectivity index (χ2v) is 5.84. The zero-order valence-corrected chi connectivity index (χ0v) is 12.8. The lowest BCUT2D eigenvalue weighted by atomic mass is 9.73. The second kappa shape index (κ2) is 6.49. The maximum atomic E-state index is 14.2. The normalized spacial score (nSPS) is 16.7. The monoisotopic (exact) mass is 266 g/mol. The lowest BCUT2D eigenvalue weighted by molar-refractivity contribution is 0.119. The highest BCUT2D eigenvalue weighted by Gasteiger charge is 2.41. The Morgan fingerprint density at radius 3 is 2.26 bits per heavy atom. The highest BCUT2D eigenvalue weighted by Crippen LogP contribution is 2.36. The van der Waals surface area contributed by atoms with E-state index in [9.17, 15) is 4.39 Å². The number of rotatable bonds is 6. The summed E-state index contributed by atoms with van der Waals surface area (Å²) in [6, 6.07) is 7.01. The van der Waals surface area contributed by atoms with Gasteiger partial charge in [0.2, 0.25) is 0 Å². The van der Waals surface area contributed by atoms with Crippen molar-refractivity contribution in [2.75, 3.05) is 14.1 Å². The van der Waals surface area contributed by atoms with Crippen molar-refractivity contribution in [2.45, 2.75) is 45.2 Å². The van der Waals surface area contributed by atoms with Crippen molar-refractivity contribution in [1.29, 1.82) is 0 Å². The van der Waals surface area contributed by atoms with Crippen LogP contribution in [-0.4, -0.2) is 25.0 Å². The van der Waals surface area contributed by atoms with Crippen LogP contribution in [-0.2, 0) is 5.54 Å². The zero-order valence-electron chi connectivity index (χ0n) is 12.8. The predicted octanol–water partition coefficient (Wildman–Crippen LogP) is 3.37. The standard InChI is InChI=1S/C16H27FN2/c1-6-9-15(19(4)5)16(18,12(2)3)13-10-7-8-11-14(13)17/h7-8,10-12,15H,6,9,18H2,1-5H3. The van der Waals surface area contributed by atoms with Gasteiger partial charge >= 0.3 is 0 Å². The van der Waals surface area contributed by atoms with Crippen LogP contribution in [0.1, 0.15) is 39.2 Å². The van der Waals surface area contributed by atoms with Crippen molar-refractivity contribution in [3.8, 4) is 0 Å². The third-order valence-corrected chi connectivity index (χ3v) is 4.03. The van der Waals surface area contributed by atoms with Crippen LogP contribution < -0.4 is 5.73 Å². The Bertz CT molecular complexity index is 403. The topological polar surface area (TPSA) is 29.3 Å². The van der Waals surface area contributed by atoms with E-state index in [1.807, 2.05) is 26.2 Å². The van der Waals surface area contributed by atoms with Gasteiger partial charge in [-0.3, -0.25) is 0 Å². The lowest BCUT2D eigenvalue weighted by Crippen LogP contribution is -2.57. The van der Waals surface area contributed by atoms with Crippen LogP contribution in [0, 0.1) is 11.7 Å². The first-order chi connectivity index (χ1) is 8.85. The minimum absolute atomic E-state index is 0.120. The number of likely N-dealkylation sites (N-methyl/N-ethyl adjacent to an activating group) is 1. The van der Waals surface area contributed by atoms with E-state index in [-0.39, 0.29) is 17.8 Å². The third-order valence-electron chi connectivity index (χ3n) is 4.03. The number of nitrogens with two attached hydrogens (primary N) is 1. The lowest BCUT2D eigenvalue weighted by Gasteiger charge is -2.45. The van der Waals surface area contributed by atoms with Crippen molar-refractivity contribution < 1.29 is 4.39 Å². The molecule has 0 amide bonds. The summed E-state index contributed by atoms with van der Waals surface area (Å²) in [4.78, 5) is 2.12. The molecule has 108 valence electrons. The number of nitrogens with zero attached hydrogens (tertiary/aromatic N) is 1. The summed E-state index contributed by atoms with van der Waals surface area (Å²) < 4.78 is 14.2. The third kappa shape index (κ3) is 3.15. The molecule has 0 heterocycles. The van der Waals surface area contributed by atoms with E-state index in [2.05, 4.69) is 25.7 Å². The second-order valence-electron chi connectivity index (χ2n) is 5.84. The Balaban J connectivity index is 3.34. The summed E-state index contributed by atoms with van der Waals surface area (Å²) in [5.74, 6) is -0.0509. The molecule has 1 aromatic rings. The SMILES string of the molecule is CCCC(N(C)C)C(N)(c1ccccc1F)C(C)C. The molecule has 0 spiro atoms. The molecule has 19 heavy (non-hydrogen) atoms. The van der Waals surface area contributed by atoms with E-state index >= 15 is 0 Å². The van der Waals surface area contributed by atoms with E-state index in [1.165, 1.54) is 6.07 Å². The van der Waals surface area contributed by atoms with E-state index in [4.69, 9.17) is 5.73 Å². The summed E-state index contributed by atoms with van der Waals surface area (Å²) in [5, 5.41) is 0. The Hall–Kier alpha value is -0.930. The van der Waals surface area contributed by atoms with Gasteiger partial charge in [-0.25, -0.2) is 4.39 Å². The average molecular weight is 266 g/mol. The smallest absolute Gasteiger partial charge is 0.128 e. The Morgan fingerprint density at radius 1 is 1.26 bits per heavy atom. The first-order valence-electron chi connectivity index (χ1n) is 7.06. The number of benzene rings is 1. The highest BCUT2D eigenvalue weighted by atomic mass is 19.1. The summed E-state index contributed by atoms with van der Waals surface area (Å²) >= 11 is 0. The summed E-state index contributed by atoms with van der Waals surface area (Å²) in [5.41, 5.74) is 6.66. The van der Waals surface area contributed by atoms with Gasteiger partial charge in [0.1, 0.15) is 5.82 Å². The maximum absolute atomic E-state index is 14.2. The molecule has 0 fully saturated rings. The minimum Gasteiger partial charge on any atom is -0.320 e. The van der Waals surface area contributed by atoms with Gasteiger partial charge in [-0.2, -0.15) is 0 Å². The fourth-order valence-electron chi connectivity index (χ4n) is 2.89. The summed E-state index contributed by atoms with van der Waals surface area (Å²) in [7, 11) is 4.04. The van der Waals surface area contributed by atoms with Crippen LogP contribution in [0.2, 0.25) is 0 Å².